The van der Waals surface area contributed by atoms with Crippen LogP contribution in [0, 0.1) is 6.92 Å². The van der Waals surface area contributed by atoms with E-state index in [1.165, 1.54) is 6.20 Å². The van der Waals surface area contributed by atoms with Gasteiger partial charge < -0.3 is 22.2 Å². The van der Waals surface area contributed by atoms with Crippen molar-refractivity contribution in [2.75, 3.05) is 11.1 Å². The Labute approximate surface area is 117 Å². The highest BCUT2D eigenvalue weighted by molar-refractivity contribution is 5.78. The van der Waals surface area contributed by atoms with E-state index in [9.17, 15) is 4.79 Å². The SMILES string of the molecule is CCC(=C\c1c(C)nc(N)nc1NC=O)/C(=C/N)NN. The third kappa shape index (κ3) is 3.45. The second kappa shape index (κ2) is 7.10. The first-order valence-electron chi connectivity index (χ1n) is 6.01. The molecule has 8 nitrogen and oxygen atoms in total. The Kier molecular flexibility index (Phi) is 5.48. The number of carbonyl (C=O) groups excluding carboxylic acids is 1. The van der Waals surface area contributed by atoms with Crippen LogP contribution in [0.15, 0.2) is 17.5 Å². The first-order valence-corrected chi connectivity index (χ1v) is 6.01. The van der Waals surface area contributed by atoms with Crippen LogP contribution in [0.1, 0.15) is 24.6 Å². The molecule has 108 valence electrons. The number of nitrogens with zero attached hydrogens (tertiary/aromatic N) is 2. The number of carbonyl (C=O) groups is 1. The van der Waals surface area contributed by atoms with Gasteiger partial charge in [-0.3, -0.25) is 10.6 Å². The summed E-state index contributed by atoms with van der Waals surface area (Å²) in [5, 5.41) is 2.50. The van der Waals surface area contributed by atoms with Gasteiger partial charge in [-0.2, -0.15) is 4.98 Å². The lowest BCUT2D eigenvalue weighted by molar-refractivity contribution is -0.105. The molecular weight excluding hydrogens is 258 g/mol. The molecule has 0 spiro atoms. The average molecular weight is 277 g/mol. The topological polar surface area (TPSA) is 145 Å². The molecular formula is C12H19N7O. The molecule has 0 atom stereocenters. The molecule has 0 aliphatic rings. The highest BCUT2D eigenvalue weighted by Crippen LogP contribution is 2.23. The maximum atomic E-state index is 10.7. The minimum absolute atomic E-state index is 0.0913. The van der Waals surface area contributed by atoms with Crippen LogP contribution in [-0.4, -0.2) is 16.4 Å². The molecule has 0 saturated heterocycles. The summed E-state index contributed by atoms with van der Waals surface area (Å²) in [5.41, 5.74) is 16.3. The second-order valence-corrected chi connectivity index (χ2v) is 3.94. The van der Waals surface area contributed by atoms with E-state index in [0.29, 0.717) is 35.6 Å². The van der Waals surface area contributed by atoms with E-state index >= 15 is 0 Å². The number of hydrogen-bond acceptors (Lipinski definition) is 7. The van der Waals surface area contributed by atoms with Crippen LogP contribution in [0.4, 0.5) is 11.8 Å². The molecule has 1 heterocycles. The number of hydrogen-bond donors (Lipinski definition) is 5. The van der Waals surface area contributed by atoms with Gasteiger partial charge >= 0.3 is 0 Å². The number of aryl methyl sites for hydroxylation is 1. The Balaban J connectivity index is 3.40. The quantitative estimate of drug-likeness (QED) is 0.213. The Morgan fingerprint density at radius 3 is 2.60 bits per heavy atom. The van der Waals surface area contributed by atoms with Crippen LogP contribution >= 0.6 is 0 Å². The summed E-state index contributed by atoms with van der Waals surface area (Å²) in [6.07, 6.45) is 4.39. The van der Waals surface area contributed by atoms with Gasteiger partial charge in [0.25, 0.3) is 0 Å². The van der Waals surface area contributed by atoms with Crippen molar-refractivity contribution < 1.29 is 4.79 Å². The standard InChI is InChI=1S/C12H19N7O/c1-3-8(10(5-13)19-15)4-9-7(2)17-12(14)18-11(9)16-6-20/h4-6,19H,3,13,15H2,1-2H3,(H3,14,16,17,18,20)/b8-4+,10-5-. The van der Waals surface area contributed by atoms with Crippen molar-refractivity contribution in [3.63, 3.8) is 0 Å². The molecule has 0 saturated carbocycles. The van der Waals surface area contributed by atoms with Crippen molar-refractivity contribution in [1.82, 2.24) is 15.4 Å². The number of nitrogen functional groups attached to an aromatic ring is 1. The number of nitrogens with one attached hydrogen (secondary N) is 2. The third-order valence-corrected chi connectivity index (χ3v) is 2.72. The van der Waals surface area contributed by atoms with Gasteiger partial charge in [-0.25, -0.2) is 4.98 Å². The summed E-state index contributed by atoms with van der Waals surface area (Å²) in [4.78, 5) is 18.7. The fraction of sp³-hybridized carbons (Fsp3) is 0.250. The van der Waals surface area contributed by atoms with E-state index in [1.807, 2.05) is 6.92 Å². The van der Waals surface area contributed by atoms with Crippen molar-refractivity contribution in [2.24, 2.45) is 11.6 Å². The molecule has 0 radical (unpaired) electrons. The van der Waals surface area contributed by atoms with Crippen molar-refractivity contribution in [3.05, 3.63) is 28.7 Å². The highest BCUT2D eigenvalue weighted by Gasteiger charge is 2.10. The molecule has 0 bridgehead atoms. The maximum Gasteiger partial charge on any atom is 0.222 e. The first kappa shape index (κ1) is 15.4. The molecule has 1 rings (SSSR count). The Bertz CT molecular complexity index is 551. The molecule has 0 aromatic carbocycles. The number of allylic oxidation sites excluding steroid dienone is 1. The molecule has 1 amide bonds. The number of rotatable bonds is 6. The summed E-state index contributed by atoms with van der Waals surface area (Å²) < 4.78 is 0. The van der Waals surface area contributed by atoms with Gasteiger partial charge in [0.1, 0.15) is 5.82 Å². The van der Waals surface area contributed by atoms with Gasteiger partial charge in [-0.05, 0) is 25.0 Å². The molecule has 0 unspecified atom stereocenters. The van der Waals surface area contributed by atoms with Crippen LogP contribution in [-0.2, 0) is 4.79 Å². The lowest BCUT2D eigenvalue weighted by atomic mass is 10.1. The predicted octanol–water partition coefficient (Wildman–Crippen LogP) is -0.00768. The van der Waals surface area contributed by atoms with Gasteiger partial charge in [0, 0.05) is 11.8 Å². The monoisotopic (exact) mass is 277 g/mol. The van der Waals surface area contributed by atoms with Crippen molar-refractivity contribution in [1.29, 1.82) is 0 Å². The van der Waals surface area contributed by atoms with Crippen LogP contribution in [0.5, 0.6) is 0 Å². The van der Waals surface area contributed by atoms with Crippen LogP contribution in [0.3, 0.4) is 0 Å². The Morgan fingerprint density at radius 2 is 2.10 bits per heavy atom. The summed E-state index contributed by atoms with van der Waals surface area (Å²) in [6.45, 7) is 3.72. The largest absolute Gasteiger partial charge is 0.403 e. The maximum absolute atomic E-state index is 10.7. The van der Waals surface area contributed by atoms with E-state index in [1.54, 1.807) is 13.0 Å². The second-order valence-electron chi connectivity index (χ2n) is 3.94. The zero-order valence-electron chi connectivity index (χ0n) is 11.5. The number of nitrogens with two attached hydrogens (primary N) is 3. The van der Waals surface area contributed by atoms with E-state index in [0.717, 1.165) is 5.57 Å². The van der Waals surface area contributed by atoms with E-state index in [-0.39, 0.29) is 5.95 Å². The van der Waals surface area contributed by atoms with Gasteiger partial charge in [-0.15, -0.1) is 0 Å². The van der Waals surface area contributed by atoms with Gasteiger partial charge in [0.15, 0.2) is 0 Å². The normalized spacial score (nSPS) is 12.2. The average Bonchev–Trinajstić information content (AvgIpc) is 2.41. The van der Waals surface area contributed by atoms with E-state index < -0.39 is 0 Å². The number of amides is 1. The molecule has 0 aliphatic carbocycles. The summed E-state index contributed by atoms with van der Waals surface area (Å²) in [7, 11) is 0. The van der Waals surface area contributed by atoms with Crippen molar-refractivity contribution in [2.45, 2.75) is 20.3 Å². The fourth-order valence-electron chi connectivity index (χ4n) is 1.73. The molecule has 1 aromatic heterocycles. The number of anilines is 2. The van der Waals surface area contributed by atoms with Gasteiger partial charge in [-0.1, -0.05) is 6.92 Å². The van der Waals surface area contributed by atoms with Crippen molar-refractivity contribution >= 4 is 24.3 Å². The lowest BCUT2D eigenvalue weighted by Gasteiger charge is -2.12. The highest BCUT2D eigenvalue weighted by atomic mass is 16.1. The van der Waals surface area contributed by atoms with Gasteiger partial charge in [0.05, 0.1) is 11.4 Å². The summed E-state index contributed by atoms with van der Waals surface area (Å²) >= 11 is 0. The zero-order valence-corrected chi connectivity index (χ0v) is 11.5. The molecule has 20 heavy (non-hydrogen) atoms. The van der Waals surface area contributed by atoms with Crippen LogP contribution in [0.25, 0.3) is 6.08 Å². The Morgan fingerprint density at radius 1 is 1.40 bits per heavy atom. The Hall–Kier alpha value is -2.61. The zero-order chi connectivity index (χ0) is 15.1. The lowest BCUT2D eigenvalue weighted by Crippen LogP contribution is -2.23. The fourth-order valence-corrected chi connectivity index (χ4v) is 1.73. The molecule has 8 N–H and O–H groups in total. The predicted molar refractivity (Wildman–Crippen MR) is 78.7 cm³/mol. The van der Waals surface area contributed by atoms with Crippen LogP contribution < -0.4 is 28.1 Å². The smallest absolute Gasteiger partial charge is 0.222 e. The van der Waals surface area contributed by atoms with Crippen molar-refractivity contribution in [3.8, 4) is 0 Å². The van der Waals surface area contributed by atoms with E-state index in [2.05, 4.69) is 20.7 Å². The van der Waals surface area contributed by atoms with E-state index in [4.69, 9.17) is 17.3 Å². The van der Waals surface area contributed by atoms with Gasteiger partial charge in [0.2, 0.25) is 12.4 Å². The van der Waals surface area contributed by atoms with Crippen LogP contribution in [0.2, 0.25) is 0 Å². The summed E-state index contributed by atoms with van der Waals surface area (Å²) in [6, 6.07) is 0. The minimum Gasteiger partial charge on any atom is -0.403 e. The third-order valence-electron chi connectivity index (χ3n) is 2.72. The molecule has 1 aromatic rings. The summed E-state index contributed by atoms with van der Waals surface area (Å²) in [5.74, 6) is 5.84. The molecule has 0 aliphatic heterocycles. The molecule has 0 fully saturated rings. The minimum atomic E-state index is 0.0913. The number of aromatic nitrogens is 2. The number of hydrazine groups is 1. The first-order chi connectivity index (χ1) is 9.57. The molecule has 8 heteroatoms.